The van der Waals surface area contributed by atoms with E-state index in [-0.39, 0.29) is 17.9 Å². The highest BCUT2D eigenvalue weighted by Crippen LogP contribution is 2.37. The van der Waals surface area contributed by atoms with Crippen LogP contribution in [0.2, 0.25) is 5.02 Å². The molecule has 148 valence electrons. The van der Waals surface area contributed by atoms with Crippen molar-refractivity contribution in [1.29, 1.82) is 0 Å². The lowest BCUT2D eigenvalue weighted by Crippen LogP contribution is -2.45. The maximum absolute atomic E-state index is 12.8. The number of likely N-dealkylation sites (tertiary alicyclic amines) is 1. The summed E-state index contributed by atoms with van der Waals surface area (Å²) in [6, 6.07) is 5.09. The maximum Gasteiger partial charge on any atom is 0.255 e. The van der Waals surface area contributed by atoms with E-state index < -0.39 is 0 Å². The van der Waals surface area contributed by atoms with Gasteiger partial charge in [-0.2, -0.15) is 0 Å². The summed E-state index contributed by atoms with van der Waals surface area (Å²) in [5.41, 5.74) is 0.482. The maximum atomic E-state index is 12.8. The molecule has 0 unspecified atom stereocenters. The topological polar surface area (TPSA) is 67.9 Å². The Morgan fingerprint density at radius 2 is 2.07 bits per heavy atom. The molecule has 2 amide bonds. The van der Waals surface area contributed by atoms with Crippen LogP contribution in [0.15, 0.2) is 18.2 Å². The van der Waals surface area contributed by atoms with Crippen molar-refractivity contribution in [1.82, 2.24) is 10.2 Å². The summed E-state index contributed by atoms with van der Waals surface area (Å²) in [5, 5.41) is 3.71. The van der Waals surface area contributed by atoms with Crippen molar-refractivity contribution in [2.75, 3.05) is 33.9 Å². The molecule has 3 atom stereocenters. The van der Waals surface area contributed by atoms with Crippen molar-refractivity contribution in [3.8, 4) is 5.75 Å². The number of carbonyl (C=O) groups is 2. The number of methoxy groups -OCH3 is 2. The van der Waals surface area contributed by atoms with Crippen molar-refractivity contribution < 1.29 is 19.1 Å². The first-order valence-electron chi connectivity index (χ1n) is 9.44. The van der Waals surface area contributed by atoms with Crippen LogP contribution in [0.5, 0.6) is 5.75 Å². The zero-order chi connectivity index (χ0) is 19.4. The quantitative estimate of drug-likeness (QED) is 0.805. The Morgan fingerprint density at radius 1 is 1.26 bits per heavy atom. The van der Waals surface area contributed by atoms with Crippen molar-refractivity contribution >= 4 is 23.4 Å². The lowest BCUT2D eigenvalue weighted by molar-refractivity contribution is -0.131. The van der Waals surface area contributed by atoms with Gasteiger partial charge < -0.3 is 19.7 Å². The van der Waals surface area contributed by atoms with Gasteiger partial charge in [0.2, 0.25) is 5.91 Å². The molecule has 0 bridgehead atoms. The van der Waals surface area contributed by atoms with E-state index in [1.807, 2.05) is 4.90 Å². The molecule has 3 rings (SSSR count). The SMILES string of the molecule is COCCC(=O)N1C[C@@H]2CCC[C@H](NC(=O)c3ccc(Cl)cc3OC)[C@@H]2C1. The second-order valence-corrected chi connectivity index (χ2v) is 7.76. The standard InChI is InChI=1S/C20H27ClN2O4/c1-26-9-8-19(24)23-11-13-4-3-5-17(16(13)12-23)22-20(25)15-7-6-14(21)10-18(15)27-2/h6-7,10,13,16-17H,3-5,8-9,11-12H2,1-2H3,(H,22,25)/t13-,16+,17-/m0/s1. The van der Waals surface area contributed by atoms with Crippen molar-refractivity contribution in [2.45, 2.75) is 31.7 Å². The molecule has 6 nitrogen and oxygen atoms in total. The van der Waals surface area contributed by atoms with E-state index in [1.165, 1.54) is 7.11 Å². The van der Waals surface area contributed by atoms with E-state index in [1.54, 1.807) is 25.3 Å². The van der Waals surface area contributed by atoms with E-state index in [0.29, 0.717) is 47.7 Å². The third-order valence-corrected chi connectivity index (χ3v) is 5.93. The number of rotatable bonds is 6. The van der Waals surface area contributed by atoms with Gasteiger partial charge in [-0.05, 0) is 37.0 Å². The summed E-state index contributed by atoms with van der Waals surface area (Å²) >= 11 is 5.99. The molecule has 1 N–H and O–H groups in total. The molecule has 1 saturated heterocycles. The predicted molar refractivity (Wildman–Crippen MR) is 103 cm³/mol. The Labute approximate surface area is 165 Å². The van der Waals surface area contributed by atoms with E-state index in [4.69, 9.17) is 21.1 Å². The van der Waals surface area contributed by atoms with E-state index >= 15 is 0 Å². The van der Waals surface area contributed by atoms with E-state index in [2.05, 4.69) is 5.32 Å². The fraction of sp³-hybridized carbons (Fsp3) is 0.600. The Kier molecular flexibility index (Phi) is 6.60. The fourth-order valence-electron chi connectivity index (χ4n) is 4.30. The Morgan fingerprint density at radius 3 is 2.81 bits per heavy atom. The van der Waals surface area contributed by atoms with Gasteiger partial charge in [0.05, 0.1) is 25.7 Å². The van der Waals surface area contributed by atoms with E-state index in [0.717, 1.165) is 25.8 Å². The van der Waals surface area contributed by atoms with Gasteiger partial charge in [-0.3, -0.25) is 9.59 Å². The highest BCUT2D eigenvalue weighted by Gasteiger charge is 2.42. The lowest BCUT2D eigenvalue weighted by atomic mass is 9.78. The first-order valence-corrected chi connectivity index (χ1v) is 9.82. The number of hydrogen-bond acceptors (Lipinski definition) is 4. The summed E-state index contributed by atoms with van der Waals surface area (Å²) in [6.45, 7) is 1.93. The first kappa shape index (κ1) is 20.0. The van der Waals surface area contributed by atoms with Crippen LogP contribution in [-0.2, 0) is 9.53 Å². The number of fused-ring (bicyclic) bond motifs is 1. The molecular weight excluding hydrogens is 368 g/mol. The lowest BCUT2D eigenvalue weighted by Gasteiger charge is -2.33. The van der Waals surface area contributed by atoms with Gasteiger partial charge in [0, 0.05) is 37.2 Å². The van der Waals surface area contributed by atoms with Crippen LogP contribution in [0.25, 0.3) is 0 Å². The third-order valence-electron chi connectivity index (χ3n) is 5.70. The number of ether oxygens (including phenoxy) is 2. The summed E-state index contributed by atoms with van der Waals surface area (Å²) < 4.78 is 10.3. The highest BCUT2D eigenvalue weighted by molar-refractivity contribution is 6.30. The number of nitrogens with one attached hydrogen (secondary N) is 1. The number of carbonyl (C=O) groups excluding carboxylic acids is 2. The molecule has 1 aromatic carbocycles. The van der Waals surface area contributed by atoms with Crippen molar-refractivity contribution in [3.05, 3.63) is 28.8 Å². The van der Waals surface area contributed by atoms with Crippen molar-refractivity contribution in [2.24, 2.45) is 11.8 Å². The van der Waals surface area contributed by atoms with Crippen LogP contribution in [-0.4, -0.2) is 56.7 Å². The second kappa shape index (κ2) is 8.93. The summed E-state index contributed by atoms with van der Waals surface area (Å²) in [6.07, 6.45) is 3.51. The van der Waals surface area contributed by atoms with Gasteiger partial charge >= 0.3 is 0 Å². The van der Waals surface area contributed by atoms with Crippen LogP contribution in [0.4, 0.5) is 0 Å². The normalized spacial score (nSPS) is 24.4. The van der Waals surface area contributed by atoms with Crippen LogP contribution in [0.1, 0.15) is 36.0 Å². The molecule has 0 aromatic heterocycles. The molecule has 0 radical (unpaired) electrons. The second-order valence-electron chi connectivity index (χ2n) is 7.32. The van der Waals surface area contributed by atoms with Gasteiger partial charge in [0.25, 0.3) is 5.91 Å². The molecular formula is C20H27ClN2O4. The molecule has 7 heteroatoms. The molecule has 27 heavy (non-hydrogen) atoms. The number of halogens is 1. The smallest absolute Gasteiger partial charge is 0.255 e. The molecule has 1 aliphatic carbocycles. The molecule has 1 aromatic rings. The Bertz CT molecular complexity index is 697. The predicted octanol–water partition coefficient (Wildman–Crippen LogP) is 2.74. The number of amides is 2. The summed E-state index contributed by atoms with van der Waals surface area (Å²) in [7, 11) is 3.13. The zero-order valence-corrected chi connectivity index (χ0v) is 16.6. The number of hydrogen-bond donors (Lipinski definition) is 1. The monoisotopic (exact) mass is 394 g/mol. The average molecular weight is 395 g/mol. The Balaban J connectivity index is 1.67. The molecule has 2 aliphatic rings. The average Bonchev–Trinajstić information content (AvgIpc) is 3.11. The van der Waals surface area contributed by atoms with Crippen molar-refractivity contribution in [3.63, 3.8) is 0 Å². The minimum Gasteiger partial charge on any atom is -0.496 e. The van der Waals surface area contributed by atoms with E-state index in [9.17, 15) is 9.59 Å². The highest BCUT2D eigenvalue weighted by atomic mass is 35.5. The minimum atomic E-state index is -0.154. The van der Waals surface area contributed by atoms with Gasteiger partial charge in [-0.25, -0.2) is 0 Å². The number of benzene rings is 1. The third kappa shape index (κ3) is 4.55. The largest absolute Gasteiger partial charge is 0.496 e. The minimum absolute atomic E-state index is 0.0665. The molecule has 2 fully saturated rings. The fourth-order valence-corrected chi connectivity index (χ4v) is 4.46. The summed E-state index contributed by atoms with van der Waals surface area (Å²) in [4.78, 5) is 27.1. The first-order chi connectivity index (χ1) is 13.0. The van der Waals surface area contributed by atoms with Gasteiger partial charge in [0.1, 0.15) is 5.75 Å². The summed E-state index contributed by atoms with van der Waals surface area (Å²) in [5.74, 6) is 1.19. The molecule has 1 saturated carbocycles. The van der Waals surface area contributed by atoms with Gasteiger partial charge in [0.15, 0.2) is 0 Å². The zero-order valence-electron chi connectivity index (χ0n) is 15.9. The Hall–Kier alpha value is -1.79. The van der Waals surface area contributed by atoms with Crippen LogP contribution in [0.3, 0.4) is 0 Å². The molecule has 1 heterocycles. The van der Waals surface area contributed by atoms with Crippen LogP contribution >= 0.6 is 11.6 Å². The van der Waals surface area contributed by atoms with Gasteiger partial charge in [-0.15, -0.1) is 0 Å². The van der Waals surface area contributed by atoms with Crippen LogP contribution < -0.4 is 10.1 Å². The number of nitrogens with zero attached hydrogens (tertiary/aromatic N) is 1. The van der Waals surface area contributed by atoms with Crippen LogP contribution in [0, 0.1) is 11.8 Å². The molecule has 1 aliphatic heterocycles. The van der Waals surface area contributed by atoms with Gasteiger partial charge in [-0.1, -0.05) is 18.0 Å². The molecule has 0 spiro atoms.